The molecule has 2 heterocycles. The van der Waals surface area contributed by atoms with Gasteiger partial charge in [-0.05, 0) is 30.7 Å². The van der Waals surface area contributed by atoms with Gasteiger partial charge in [0, 0.05) is 19.2 Å². The van der Waals surface area contributed by atoms with Crippen LogP contribution in [0.2, 0.25) is 0 Å². The highest BCUT2D eigenvalue weighted by Crippen LogP contribution is 2.30. The summed E-state index contributed by atoms with van der Waals surface area (Å²) in [7, 11) is 1.54. The van der Waals surface area contributed by atoms with E-state index in [4.69, 9.17) is 9.15 Å². The van der Waals surface area contributed by atoms with E-state index in [1.165, 1.54) is 13.1 Å². The van der Waals surface area contributed by atoms with Crippen LogP contribution in [0.1, 0.15) is 23.0 Å². The van der Waals surface area contributed by atoms with Crippen molar-refractivity contribution in [1.82, 2.24) is 4.98 Å². The van der Waals surface area contributed by atoms with E-state index in [1.807, 2.05) is 0 Å². The topological polar surface area (TPSA) is 72.6 Å². The maximum Gasteiger partial charge on any atom is 0.302 e. The van der Waals surface area contributed by atoms with Crippen molar-refractivity contribution >= 4 is 28.6 Å². The van der Waals surface area contributed by atoms with E-state index in [0.717, 1.165) is 10.5 Å². The van der Waals surface area contributed by atoms with Crippen molar-refractivity contribution in [1.29, 1.82) is 0 Å². The number of carbonyl (C=O) groups is 2. The average molecular weight is 324 g/mol. The fourth-order valence-corrected chi connectivity index (χ4v) is 2.53. The third-order valence-electron chi connectivity index (χ3n) is 3.66. The molecule has 2 aromatic heterocycles. The molecular weight excluding hydrogens is 308 g/mol. The number of amides is 2. The van der Waals surface area contributed by atoms with Crippen molar-refractivity contribution in [2.24, 2.45) is 0 Å². The predicted molar refractivity (Wildman–Crippen MR) is 89.2 cm³/mol. The van der Waals surface area contributed by atoms with E-state index < -0.39 is 11.8 Å². The number of hydrogen-bond donors (Lipinski definition) is 0. The van der Waals surface area contributed by atoms with Gasteiger partial charge >= 0.3 is 5.91 Å². The summed E-state index contributed by atoms with van der Waals surface area (Å²) < 4.78 is 10.9. The quantitative estimate of drug-likeness (QED) is 0.739. The van der Waals surface area contributed by atoms with Crippen LogP contribution in [0.3, 0.4) is 0 Å². The molecule has 0 aliphatic rings. The normalized spacial score (nSPS) is 10.6. The van der Waals surface area contributed by atoms with Crippen molar-refractivity contribution in [2.45, 2.75) is 13.8 Å². The Labute approximate surface area is 138 Å². The molecule has 0 saturated heterocycles. The first-order chi connectivity index (χ1) is 11.5. The molecule has 0 bridgehead atoms. The molecule has 6 heteroatoms. The van der Waals surface area contributed by atoms with Crippen LogP contribution in [0, 0.1) is 6.92 Å². The van der Waals surface area contributed by atoms with Gasteiger partial charge in [-0.3, -0.25) is 9.59 Å². The molecule has 0 spiro atoms. The van der Waals surface area contributed by atoms with Crippen LogP contribution < -0.4 is 9.64 Å². The van der Waals surface area contributed by atoms with Crippen molar-refractivity contribution < 1.29 is 18.7 Å². The Kier molecular flexibility index (Phi) is 4.04. The number of rotatable bonds is 3. The number of methoxy groups -OCH3 is 1. The van der Waals surface area contributed by atoms with Gasteiger partial charge in [0.2, 0.25) is 5.91 Å². The lowest BCUT2D eigenvalue weighted by atomic mass is 10.2. The van der Waals surface area contributed by atoms with Gasteiger partial charge in [-0.2, -0.15) is 0 Å². The minimum absolute atomic E-state index is 0.0507. The molecule has 3 rings (SSSR count). The van der Waals surface area contributed by atoms with Crippen molar-refractivity contribution in [3.8, 4) is 5.75 Å². The number of benzene rings is 1. The zero-order valence-electron chi connectivity index (χ0n) is 13.6. The van der Waals surface area contributed by atoms with Crippen molar-refractivity contribution in [3.63, 3.8) is 0 Å². The number of ether oxygens (including phenoxy) is 1. The second-order valence-electron chi connectivity index (χ2n) is 5.29. The Morgan fingerprint density at radius 1 is 1.21 bits per heavy atom. The van der Waals surface area contributed by atoms with Crippen LogP contribution >= 0.6 is 0 Å². The summed E-state index contributed by atoms with van der Waals surface area (Å²) in [5.41, 5.74) is 1.23. The maximum absolute atomic E-state index is 12.8. The van der Waals surface area contributed by atoms with Crippen molar-refractivity contribution in [3.05, 3.63) is 53.9 Å². The molecule has 0 unspecified atom stereocenters. The minimum atomic E-state index is -0.567. The number of hydrogen-bond acceptors (Lipinski definition) is 5. The van der Waals surface area contributed by atoms with Gasteiger partial charge in [-0.25, -0.2) is 9.88 Å². The second-order valence-corrected chi connectivity index (χ2v) is 5.29. The van der Waals surface area contributed by atoms with Crippen LogP contribution in [-0.2, 0) is 4.79 Å². The molecule has 2 amide bonds. The highest BCUT2D eigenvalue weighted by Gasteiger charge is 2.27. The summed E-state index contributed by atoms with van der Waals surface area (Å²) in [5, 5.41) is 0.671. The van der Waals surface area contributed by atoms with Gasteiger partial charge in [0.25, 0.3) is 0 Å². The first-order valence-corrected chi connectivity index (χ1v) is 7.36. The summed E-state index contributed by atoms with van der Waals surface area (Å²) >= 11 is 0. The Balaban J connectivity index is 2.09. The van der Waals surface area contributed by atoms with Crippen LogP contribution in [0.5, 0.6) is 5.75 Å². The summed E-state index contributed by atoms with van der Waals surface area (Å²) in [6.07, 6.45) is 1.53. The Morgan fingerprint density at radius 2 is 2.00 bits per heavy atom. The highest BCUT2D eigenvalue weighted by atomic mass is 16.5. The van der Waals surface area contributed by atoms with Gasteiger partial charge in [0.1, 0.15) is 17.2 Å². The van der Waals surface area contributed by atoms with Crippen LogP contribution in [0.4, 0.5) is 5.82 Å². The molecule has 0 aliphatic carbocycles. The SMILES string of the molecule is COc1cccc2oc(C(=O)N(C(C)=O)c3ncccc3C)cc12. The second kappa shape index (κ2) is 6.16. The number of pyridine rings is 1. The first-order valence-electron chi connectivity index (χ1n) is 7.36. The number of imide groups is 1. The van der Waals surface area contributed by atoms with E-state index >= 15 is 0 Å². The zero-order valence-corrected chi connectivity index (χ0v) is 13.6. The molecule has 1 aromatic carbocycles. The molecule has 0 saturated carbocycles. The minimum Gasteiger partial charge on any atom is -0.496 e. The molecular formula is C18H16N2O4. The average Bonchev–Trinajstić information content (AvgIpc) is 3.00. The van der Waals surface area contributed by atoms with Gasteiger partial charge in [-0.1, -0.05) is 12.1 Å². The Hall–Kier alpha value is -3.15. The predicted octanol–water partition coefficient (Wildman–Crippen LogP) is 3.34. The number of aryl methyl sites for hydroxylation is 1. The number of furan rings is 1. The molecule has 0 N–H and O–H groups in total. The summed E-state index contributed by atoms with van der Waals surface area (Å²) in [4.78, 5) is 30.1. The zero-order chi connectivity index (χ0) is 17.3. The summed E-state index contributed by atoms with van der Waals surface area (Å²) in [6, 6.07) is 10.4. The molecule has 6 nitrogen and oxygen atoms in total. The maximum atomic E-state index is 12.8. The smallest absolute Gasteiger partial charge is 0.302 e. The third kappa shape index (κ3) is 2.62. The molecule has 3 aromatic rings. The molecule has 0 aliphatic heterocycles. The molecule has 122 valence electrons. The van der Waals surface area contributed by atoms with Crippen LogP contribution in [0.15, 0.2) is 47.0 Å². The number of aromatic nitrogens is 1. The number of fused-ring (bicyclic) bond motifs is 1. The highest BCUT2D eigenvalue weighted by molar-refractivity contribution is 6.20. The van der Waals surface area contributed by atoms with Crippen molar-refractivity contribution in [2.75, 3.05) is 12.0 Å². The molecule has 24 heavy (non-hydrogen) atoms. The fraction of sp³-hybridized carbons (Fsp3) is 0.167. The molecule has 0 atom stereocenters. The lowest BCUT2D eigenvalue weighted by molar-refractivity contribution is -0.116. The van der Waals surface area contributed by atoms with E-state index in [-0.39, 0.29) is 5.76 Å². The first kappa shape index (κ1) is 15.7. The molecule has 0 fully saturated rings. The summed E-state index contributed by atoms with van der Waals surface area (Å²) in [6.45, 7) is 3.10. The fourth-order valence-electron chi connectivity index (χ4n) is 2.53. The van der Waals surface area contributed by atoms with Gasteiger partial charge in [0.05, 0.1) is 12.5 Å². The van der Waals surface area contributed by atoms with E-state index in [0.29, 0.717) is 22.5 Å². The number of nitrogens with zero attached hydrogens (tertiary/aromatic N) is 2. The Morgan fingerprint density at radius 3 is 2.67 bits per heavy atom. The van der Waals surface area contributed by atoms with E-state index in [2.05, 4.69) is 4.98 Å². The molecule has 0 radical (unpaired) electrons. The van der Waals surface area contributed by atoms with E-state index in [9.17, 15) is 9.59 Å². The standard InChI is InChI=1S/C18H16N2O4/c1-11-6-5-9-19-17(11)20(12(2)21)18(22)16-10-13-14(23-3)7-4-8-15(13)24-16/h4-10H,1-3H3. The number of anilines is 1. The monoisotopic (exact) mass is 324 g/mol. The van der Waals surface area contributed by atoms with Crippen LogP contribution in [0.25, 0.3) is 11.0 Å². The Bertz CT molecular complexity index is 930. The van der Waals surface area contributed by atoms with E-state index in [1.54, 1.807) is 50.4 Å². The van der Waals surface area contributed by atoms with Gasteiger partial charge in [0.15, 0.2) is 5.76 Å². The lowest BCUT2D eigenvalue weighted by Gasteiger charge is -2.18. The summed E-state index contributed by atoms with van der Waals surface area (Å²) in [5.74, 6) is -0.0624. The van der Waals surface area contributed by atoms with Gasteiger partial charge in [-0.15, -0.1) is 0 Å². The van der Waals surface area contributed by atoms with Gasteiger partial charge < -0.3 is 9.15 Å². The third-order valence-corrected chi connectivity index (χ3v) is 3.66. The lowest BCUT2D eigenvalue weighted by Crippen LogP contribution is -2.36. The number of carbonyl (C=O) groups excluding carboxylic acids is 2. The van der Waals surface area contributed by atoms with Crippen LogP contribution in [-0.4, -0.2) is 23.9 Å². The largest absolute Gasteiger partial charge is 0.496 e.